The molecule has 4 nitrogen and oxygen atoms in total. The van der Waals surface area contributed by atoms with E-state index in [4.69, 9.17) is 23.8 Å². The molecular weight excluding hydrogens is 282 g/mol. The summed E-state index contributed by atoms with van der Waals surface area (Å²) in [6.45, 7) is 1.96. The minimum absolute atomic E-state index is 0.169. The Kier molecular flexibility index (Phi) is 4.07. The van der Waals surface area contributed by atoms with E-state index in [9.17, 15) is 4.79 Å². The smallest absolute Gasteiger partial charge is 0.276 e. The number of rotatable bonds is 3. The summed E-state index contributed by atoms with van der Waals surface area (Å²) in [4.78, 5) is 19.8. The van der Waals surface area contributed by atoms with Gasteiger partial charge >= 0.3 is 0 Å². The zero-order valence-electron chi connectivity index (χ0n) is 10.7. The number of aromatic nitrogens is 2. The van der Waals surface area contributed by atoms with E-state index in [0.717, 1.165) is 5.69 Å². The van der Waals surface area contributed by atoms with Gasteiger partial charge in [0.05, 0.1) is 10.7 Å². The summed E-state index contributed by atoms with van der Waals surface area (Å²) < 4.78 is 0.452. The van der Waals surface area contributed by atoms with E-state index in [1.807, 2.05) is 19.1 Å². The molecule has 0 saturated heterocycles. The van der Waals surface area contributed by atoms with Gasteiger partial charge in [0.25, 0.3) is 5.91 Å². The van der Waals surface area contributed by atoms with Gasteiger partial charge in [0.1, 0.15) is 5.69 Å². The third-order valence-corrected chi connectivity index (χ3v) is 3.41. The summed E-state index contributed by atoms with van der Waals surface area (Å²) in [5.74, 6) is -0.169. The Morgan fingerprint density at radius 2 is 2.05 bits per heavy atom. The third kappa shape index (κ3) is 2.72. The molecule has 19 heavy (non-hydrogen) atoms. The number of nitrogens with one attached hydrogen (secondary N) is 2. The summed E-state index contributed by atoms with van der Waals surface area (Å²) in [6, 6.07) is 7.21. The van der Waals surface area contributed by atoms with Crippen LogP contribution in [0.15, 0.2) is 24.3 Å². The van der Waals surface area contributed by atoms with Gasteiger partial charge in [-0.1, -0.05) is 30.7 Å². The van der Waals surface area contributed by atoms with Crippen molar-refractivity contribution in [3.63, 3.8) is 0 Å². The van der Waals surface area contributed by atoms with Crippen molar-refractivity contribution in [2.24, 2.45) is 0 Å². The molecule has 2 aromatic rings. The standard InChI is InChI=1S/C13H14ClN3OS/c1-3-9-11(16-13(19)15-9)12(18)17(2)10-7-5-4-6-8(10)14/h4-7H,3H2,1-2H3,(H2,15,16,19). The number of hydrogen-bond acceptors (Lipinski definition) is 2. The molecule has 0 fully saturated rings. The molecule has 0 aliphatic carbocycles. The van der Waals surface area contributed by atoms with Crippen molar-refractivity contribution < 1.29 is 4.79 Å². The van der Waals surface area contributed by atoms with Crippen LogP contribution in [0.2, 0.25) is 5.02 Å². The second-order valence-electron chi connectivity index (χ2n) is 4.10. The maximum absolute atomic E-state index is 12.5. The number of amides is 1. The normalized spacial score (nSPS) is 10.5. The Hall–Kier alpha value is -1.59. The average molecular weight is 296 g/mol. The quantitative estimate of drug-likeness (QED) is 0.851. The van der Waals surface area contributed by atoms with E-state index >= 15 is 0 Å². The molecule has 0 unspecified atom stereocenters. The lowest BCUT2D eigenvalue weighted by atomic mass is 10.2. The first-order valence-electron chi connectivity index (χ1n) is 5.88. The Morgan fingerprint density at radius 1 is 1.37 bits per heavy atom. The van der Waals surface area contributed by atoms with Gasteiger partial charge in [-0.05, 0) is 30.8 Å². The molecule has 1 aromatic heterocycles. The van der Waals surface area contributed by atoms with Crippen LogP contribution < -0.4 is 4.90 Å². The molecule has 0 spiro atoms. The highest BCUT2D eigenvalue weighted by molar-refractivity contribution is 7.71. The number of para-hydroxylation sites is 1. The number of aromatic amines is 2. The fraction of sp³-hybridized carbons (Fsp3) is 0.231. The van der Waals surface area contributed by atoms with Crippen molar-refractivity contribution in [2.45, 2.75) is 13.3 Å². The number of carbonyl (C=O) groups excluding carboxylic acids is 1. The van der Waals surface area contributed by atoms with Crippen LogP contribution in [0.1, 0.15) is 23.1 Å². The van der Waals surface area contributed by atoms with Gasteiger partial charge in [0.15, 0.2) is 4.77 Å². The molecular formula is C13H14ClN3OS. The molecule has 0 aliphatic rings. The number of aryl methyl sites for hydroxylation is 1. The first-order chi connectivity index (χ1) is 9.04. The minimum Gasteiger partial charge on any atom is -0.334 e. The SMILES string of the molecule is CCc1[nH]c(=S)[nH]c1C(=O)N(C)c1ccccc1Cl. The predicted octanol–water partition coefficient (Wildman–Crippen LogP) is 3.56. The van der Waals surface area contributed by atoms with E-state index in [2.05, 4.69) is 9.97 Å². The van der Waals surface area contributed by atoms with E-state index in [1.54, 1.807) is 19.2 Å². The molecule has 1 aromatic carbocycles. The average Bonchev–Trinajstić information content (AvgIpc) is 2.79. The van der Waals surface area contributed by atoms with Gasteiger partial charge in [-0.2, -0.15) is 0 Å². The molecule has 0 atom stereocenters. The van der Waals surface area contributed by atoms with Crippen LogP contribution in [0, 0.1) is 4.77 Å². The van der Waals surface area contributed by atoms with Crippen molar-refractivity contribution in [1.82, 2.24) is 9.97 Å². The topological polar surface area (TPSA) is 51.9 Å². The van der Waals surface area contributed by atoms with Gasteiger partial charge in [-0.15, -0.1) is 0 Å². The predicted molar refractivity (Wildman–Crippen MR) is 79.5 cm³/mol. The number of benzene rings is 1. The summed E-state index contributed by atoms with van der Waals surface area (Å²) in [5, 5.41) is 0.533. The second kappa shape index (κ2) is 5.59. The fourth-order valence-electron chi connectivity index (χ4n) is 1.87. The summed E-state index contributed by atoms with van der Waals surface area (Å²) in [7, 11) is 1.69. The molecule has 1 heterocycles. The maximum atomic E-state index is 12.5. The van der Waals surface area contributed by atoms with Gasteiger partial charge < -0.3 is 14.9 Å². The highest BCUT2D eigenvalue weighted by atomic mass is 35.5. The fourth-order valence-corrected chi connectivity index (χ4v) is 2.36. The van der Waals surface area contributed by atoms with Crippen LogP contribution in [0.5, 0.6) is 0 Å². The van der Waals surface area contributed by atoms with Crippen molar-refractivity contribution in [3.8, 4) is 0 Å². The lowest BCUT2D eigenvalue weighted by Gasteiger charge is -2.18. The van der Waals surface area contributed by atoms with E-state index in [0.29, 0.717) is 27.6 Å². The summed E-state index contributed by atoms with van der Waals surface area (Å²) in [6.07, 6.45) is 0.699. The van der Waals surface area contributed by atoms with E-state index in [-0.39, 0.29) is 5.91 Å². The van der Waals surface area contributed by atoms with Crippen LogP contribution in [0.4, 0.5) is 5.69 Å². The van der Waals surface area contributed by atoms with Gasteiger partial charge in [-0.3, -0.25) is 4.79 Å². The number of nitrogens with zero attached hydrogens (tertiary/aromatic N) is 1. The second-order valence-corrected chi connectivity index (χ2v) is 4.92. The zero-order valence-corrected chi connectivity index (χ0v) is 12.2. The minimum atomic E-state index is -0.169. The molecule has 0 aliphatic heterocycles. The molecule has 0 saturated carbocycles. The molecule has 1 amide bonds. The van der Waals surface area contributed by atoms with Crippen LogP contribution in [0.25, 0.3) is 0 Å². The van der Waals surface area contributed by atoms with E-state index in [1.165, 1.54) is 4.90 Å². The Balaban J connectivity index is 2.39. The zero-order chi connectivity index (χ0) is 14.0. The molecule has 100 valence electrons. The Labute approximate surface area is 121 Å². The molecule has 6 heteroatoms. The summed E-state index contributed by atoms with van der Waals surface area (Å²) >= 11 is 11.1. The number of imidazole rings is 1. The largest absolute Gasteiger partial charge is 0.334 e. The van der Waals surface area contributed by atoms with Crippen LogP contribution in [0.3, 0.4) is 0 Å². The van der Waals surface area contributed by atoms with Crippen molar-refractivity contribution >= 4 is 35.4 Å². The number of hydrogen-bond donors (Lipinski definition) is 2. The monoisotopic (exact) mass is 295 g/mol. The van der Waals surface area contributed by atoms with Gasteiger partial charge in [-0.25, -0.2) is 0 Å². The number of H-pyrrole nitrogens is 2. The maximum Gasteiger partial charge on any atom is 0.276 e. The lowest BCUT2D eigenvalue weighted by Crippen LogP contribution is -2.27. The van der Waals surface area contributed by atoms with Gasteiger partial charge in [0.2, 0.25) is 0 Å². The first kappa shape index (κ1) is 13.8. The van der Waals surface area contributed by atoms with Crippen LogP contribution >= 0.6 is 23.8 Å². The first-order valence-corrected chi connectivity index (χ1v) is 6.67. The number of anilines is 1. The number of halogens is 1. The lowest BCUT2D eigenvalue weighted by molar-refractivity contribution is 0.0988. The van der Waals surface area contributed by atoms with Crippen molar-refractivity contribution in [2.75, 3.05) is 11.9 Å². The van der Waals surface area contributed by atoms with E-state index < -0.39 is 0 Å². The van der Waals surface area contributed by atoms with Crippen LogP contribution in [-0.2, 0) is 6.42 Å². The molecule has 2 N–H and O–H groups in total. The molecule has 0 radical (unpaired) electrons. The highest BCUT2D eigenvalue weighted by Crippen LogP contribution is 2.25. The van der Waals surface area contributed by atoms with Crippen LogP contribution in [-0.4, -0.2) is 22.9 Å². The Morgan fingerprint density at radius 3 is 2.68 bits per heavy atom. The molecule has 2 rings (SSSR count). The third-order valence-electron chi connectivity index (χ3n) is 2.89. The summed E-state index contributed by atoms with van der Waals surface area (Å²) in [5.41, 5.74) is 1.94. The highest BCUT2D eigenvalue weighted by Gasteiger charge is 2.20. The van der Waals surface area contributed by atoms with Crippen molar-refractivity contribution in [3.05, 3.63) is 45.4 Å². The number of carbonyl (C=O) groups is 1. The Bertz CT molecular complexity index is 662. The molecule has 0 bridgehead atoms. The van der Waals surface area contributed by atoms with Gasteiger partial charge in [0, 0.05) is 12.7 Å². The van der Waals surface area contributed by atoms with Crippen molar-refractivity contribution in [1.29, 1.82) is 0 Å².